The normalized spacial score (nSPS) is 12.0. The summed E-state index contributed by atoms with van der Waals surface area (Å²) in [5, 5.41) is 10.3. The van der Waals surface area contributed by atoms with Crippen LogP contribution in [0.15, 0.2) is 48.7 Å². The standard InChI is InChI=1S/C18H17FN4O2/c19-14-6-4-11(5-7-14)8-13(17(20)24)9-21-18(25)15-3-1-2-12-10-22-23-16(12)15/h1-7,10,13H,8-9H2,(H2,20,24)(H,21,25)(H,22,23)/t13-/m0/s1. The van der Waals surface area contributed by atoms with Crippen molar-refractivity contribution in [1.29, 1.82) is 0 Å². The van der Waals surface area contributed by atoms with Gasteiger partial charge in [0, 0.05) is 11.9 Å². The molecule has 2 amide bonds. The zero-order chi connectivity index (χ0) is 17.8. The summed E-state index contributed by atoms with van der Waals surface area (Å²) in [6.07, 6.45) is 1.96. The molecule has 6 nitrogen and oxygen atoms in total. The number of fused-ring (bicyclic) bond motifs is 1. The van der Waals surface area contributed by atoms with Crippen molar-refractivity contribution in [2.75, 3.05) is 6.54 Å². The number of aromatic nitrogens is 2. The van der Waals surface area contributed by atoms with Gasteiger partial charge in [-0.1, -0.05) is 24.3 Å². The first-order chi connectivity index (χ1) is 12.0. The van der Waals surface area contributed by atoms with Crippen LogP contribution in [0.2, 0.25) is 0 Å². The first kappa shape index (κ1) is 16.6. The van der Waals surface area contributed by atoms with E-state index in [0.29, 0.717) is 17.5 Å². The molecule has 128 valence electrons. The molecule has 2 aromatic carbocycles. The SMILES string of the molecule is NC(=O)[C@H](CNC(=O)c1cccc2cn[nH]c12)Cc1ccc(F)cc1. The number of rotatable bonds is 6. The predicted molar refractivity (Wildman–Crippen MR) is 91.2 cm³/mol. The number of hydrogen-bond acceptors (Lipinski definition) is 3. The Bertz CT molecular complexity index is 905. The van der Waals surface area contributed by atoms with E-state index in [9.17, 15) is 14.0 Å². The zero-order valence-corrected chi connectivity index (χ0v) is 13.3. The monoisotopic (exact) mass is 340 g/mol. The third-order valence-electron chi connectivity index (χ3n) is 4.03. The van der Waals surface area contributed by atoms with E-state index in [1.54, 1.807) is 30.5 Å². The van der Waals surface area contributed by atoms with Crippen LogP contribution < -0.4 is 11.1 Å². The number of H-pyrrole nitrogens is 1. The number of carbonyl (C=O) groups is 2. The summed E-state index contributed by atoms with van der Waals surface area (Å²) >= 11 is 0. The molecule has 0 aliphatic carbocycles. The van der Waals surface area contributed by atoms with Crippen LogP contribution >= 0.6 is 0 Å². The quantitative estimate of drug-likeness (QED) is 0.637. The maximum absolute atomic E-state index is 13.0. The Hall–Kier alpha value is -3.22. The van der Waals surface area contributed by atoms with Gasteiger partial charge in [-0.15, -0.1) is 0 Å². The molecule has 0 aliphatic rings. The number of hydrogen-bond donors (Lipinski definition) is 3. The topological polar surface area (TPSA) is 101 Å². The lowest BCUT2D eigenvalue weighted by atomic mass is 9.98. The minimum absolute atomic E-state index is 0.0933. The molecule has 1 atom stereocenters. The summed E-state index contributed by atoms with van der Waals surface area (Å²) in [6, 6.07) is 11.1. The molecule has 0 saturated carbocycles. The zero-order valence-electron chi connectivity index (χ0n) is 13.3. The fourth-order valence-electron chi connectivity index (χ4n) is 2.65. The van der Waals surface area contributed by atoms with Crippen LogP contribution in [0.4, 0.5) is 4.39 Å². The molecule has 4 N–H and O–H groups in total. The minimum atomic E-state index is -0.588. The Morgan fingerprint density at radius 1 is 1.20 bits per heavy atom. The van der Waals surface area contributed by atoms with Gasteiger partial charge in [0.1, 0.15) is 5.82 Å². The second kappa shape index (κ2) is 7.12. The highest BCUT2D eigenvalue weighted by Gasteiger charge is 2.19. The van der Waals surface area contributed by atoms with Gasteiger partial charge in [-0.3, -0.25) is 14.7 Å². The molecule has 3 aromatic rings. The lowest BCUT2D eigenvalue weighted by molar-refractivity contribution is -0.121. The number of halogens is 1. The molecule has 3 rings (SSSR count). The van der Waals surface area contributed by atoms with Crippen molar-refractivity contribution in [2.45, 2.75) is 6.42 Å². The molecule has 1 aromatic heterocycles. The molecule has 0 fully saturated rings. The predicted octanol–water partition coefficient (Wildman–Crippen LogP) is 1.78. The van der Waals surface area contributed by atoms with Crippen molar-refractivity contribution >= 4 is 22.7 Å². The van der Waals surface area contributed by atoms with Gasteiger partial charge in [-0.2, -0.15) is 5.10 Å². The summed E-state index contributed by atoms with van der Waals surface area (Å²) in [4.78, 5) is 24.1. The van der Waals surface area contributed by atoms with Crippen LogP contribution in [0, 0.1) is 11.7 Å². The Kier molecular flexibility index (Phi) is 4.74. The largest absolute Gasteiger partial charge is 0.369 e. The number of nitrogens with two attached hydrogens (primary N) is 1. The van der Waals surface area contributed by atoms with E-state index in [1.807, 2.05) is 6.07 Å². The van der Waals surface area contributed by atoms with Gasteiger partial charge in [0.15, 0.2) is 0 Å². The van der Waals surface area contributed by atoms with Crippen molar-refractivity contribution in [3.05, 3.63) is 65.6 Å². The minimum Gasteiger partial charge on any atom is -0.369 e. The van der Waals surface area contributed by atoms with Gasteiger partial charge >= 0.3 is 0 Å². The maximum atomic E-state index is 13.0. The van der Waals surface area contributed by atoms with Crippen molar-refractivity contribution < 1.29 is 14.0 Å². The second-order valence-electron chi connectivity index (χ2n) is 5.78. The van der Waals surface area contributed by atoms with Gasteiger partial charge in [-0.05, 0) is 30.2 Å². The van der Waals surface area contributed by atoms with E-state index in [0.717, 1.165) is 10.9 Å². The van der Waals surface area contributed by atoms with E-state index in [-0.39, 0.29) is 18.3 Å². The van der Waals surface area contributed by atoms with E-state index in [4.69, 9.17) is 5.73 Å². The highest BCUT2D eigenvalue weighted by Crippen LogP contribution is 2.16. The third kappa shape index (κ3) is 3.82. The number of carbonyl (C=O) groups excluding carboxylic acids is 2. The van der Waals surface area contributed by atoms with E-state index < -0.39 is 11.8 Å². The maximum Gasteiger partial charge on any atom is 0.253 e. The Morgan fingerprint density at radius 2 is 1.96 bits per heavy atom. The lowest BCUT2D eigenvalue weighted by Crippen LogP contribution is -2.37. The van der Waals surface area contributed by atoms with Crippen LogP contribution in [0.3, 0.4) is 0 Å². The number of benzene rings is 2. The highest BCUT2D eigenvalue weighted by atomic mass is 19.1. The lowest BCUT2D eigenvalue weighted by Gasteiger charge is -2.15. The first-order valence-electron chi connectivity index (χ1n) is 7.78. The van der Waals surface area contributed by atoms with Crippen molar-refractivity contribution in [3.63, 3.8) is 0 Å². The van der Waals surface area contributed by atoms with E-state index in [1.165, 1.54) is 12.1 Å². The molecular weight excluding hydrogens is 323 g/mol. The summed E-state index contributed by atoms with van der Waals surface area (Å²) < 4.78 is 13.0. The average molecular weight is 340 g/mol. The summed E-state index contributed by atoms with van der Waals surface area (Å²) in [7, 11) is 0. The van der Waals surface area contributed by atoms with Gasteiger partial charge in [0.25, 0.3) is 5.91 Å². The van der Waals surface area contributed by atoms with E-state index in [2.05, 4.69) is 15.5 Å². The Labute approximate surface area is 143 Å². The summed E-state index contributed by atoms with van der Waals surface area (Å²) in [6.45, 7) is 0.0933. The average Bonchev–Trinajstić information content (AvgIpc) is 3.08. The fraction of sp³-hybridized carbons (Fsp3) is 0.167. The number of para-hydroxylation sites is 1. The van der Waals surface area contributed by atoms with Crippen LogP contribution in [-0.2, 0) is 11.2 Å². The molecule has 7 heteroatoms. The van der Waals surface area contributed by atoms with Crippen LogP contribution in [-0.4, -0.2) is 28.6 Å². The van der Waals surface area contributed by atoms with Gasteiger partial charge < -0.3 is 11.1 Å². The number of nitrogens with one attached hydrogen (secondary N) is 2. The number of aromatic amines is 1. The molecule has 0 saturated heterocycles. The molecule has 0 aliphatic heterocycles. The van der Waals surface area contributed by atoms with E-state index >= 15 is 0 Å². The number of nitrogens with zero attached hydrogens (tertiary/aromatic N) is 1. The number of amides is 2. The van der Waals surface area contributed by atoms with Crippen molar-refractivity contribution in [3.8, 4) is 0 Å². The smallest absolute Gasteiger partial charge is 0.253 e. The number of primary amides is 1. The Morgan fingerprint density at radius 3 is 2.68 bits per heavy atom. The molecule has 0 spiro atoms. The summed E-state index contributed by atoms with van der Waals surface area (Å²) in [5.41, 5.74) is 7.28. The Balaban J connectivity index is 1.69. The van der Waals surface area contributed by atoms with Crippen molar-refractivity contribution in [1.82, 2.24) is 15.5 Å². The fourth-order valence-corrected chi connectivity index (χ4v) is 2.65. The molecule has 0 radical (unpaired) electrons. The molecule has 25 heavy (non-hydrogen) atoms. The van der Waals surface area contributed by atoms with Crippen LogP contribution in [0.25, 0.3) is 10.9 Å². The molecule has 0 unspecified atom stereocenters. The van der Waals surface area contributed by atoms with Crippen LogP contribution in [0.5, 0.6) is 0 Å². The van der Waals surface area contributed by atoms with Crippen LogP contribution in [0.1, 0.15) is 15.9 Å². The van der Waals surface area contributed by atoms with Crippen molar-refractivity contribution in [2.24, 2.45) is 11.7 Å². The molecular formula is C18H17FN4O2. The van der Waals surface area contributed by atoms with Gasteiger partial charge in [-0.25, -0.2) is 4.39 Å². The second-order valence-corrected chi connectivity index (χ2v) is 5.78. The first-order valence-corrected chi connectivity index (χ1v) is 7.78. The van der Waals surface area contributed by atoms with Gasteiger partial charge in [0.2, 0.25) is 5.91 Å². The highest BCUT2D eigenvalue weighted by molar-refractivity contribution is 6.05. The molecule has 0 bridgehead atoms. The summed E-state index contributed by atoms with van der Waals surface area (Å²) in [5.74, 6) is -1.78. The van der Waals surface area contributed by atoms with Gasteiger partial charge in [0.05, 0.1) is 23.2 Å². The molecule has 1 heterocycles. The third-order valence-corrected chi connectivity index (χ3v) is 4.03.